The molecule has 6 heteroatoms. The number of halogens is 1. The molecule has 1 radical (unpaired) electrons. The third-order valence-electron chi connectivity index (χ3n) is 4.44. The molecule has 27 heavy (non-hydrogen) atoms. The molecule has 0 amide bonds. The quantitative estimate of drug-likeness (QED) is 0.555. The number of hydrogen-bond donors (Lipinski definition) is 1. The minimum atomic E-state index is -0.776. The number of thioether (sulfide) groups is 1. The molecule has 0 atom stereocenters. The lowest BCUT2D eigenvalue weighted by Gasteiger charge is -2.14. The van der Waals surface area contributed by atoms with E-state index in [0.717, 1.165) is 51.0 Å². The fourth-order valence-electron chi connectivity index (χ4n) is 2.99. The van der Waals surface area contributed by atoms with Crippen LogP contribution in [0.25, 0.3) is 0 Å². The van der Waals surface area contributed by atoms with Crippen molar-refractivity contribution in [2.24, 2.45) is 0 Å². The molecule has 0 aliphatic carbocycles. The third kappa shape index (κ3) is 5.11. The van der Waals surface area contributed by atoms with E-state index in [9.17, 15) is 4.79 Å². The second kappa shape index (κ2) is 9.38. The molecule has 1 aliphatic rings. The summed E-state index contributed by atoms with van der Waals surface area (Å²) in [6.07, 6.45) is 4.65. The largest absolute Gasteiger partial charge is 0.481 e. The first-order valence-electron chi connectivity index (χ1n) is 8.89. The monoisotopic (exact) mass is 405 g/mol. The van der Waals surface area contributed by atoms with Gasteiger partial charge in [0.2, 0.25) is 6.79 Å². The van der Waals surface area contributed by atoms with Crippen LogP contribution in [0.4, 0.5) is 0 Å². The van der Waals surface area contributed by atoms with Gasteiger partial charge >= 0.3 is 5.97 Å². The van der Waals surface area contributed by atoms with E-state index < -0.39 is 5.97 Å². The van der Waals surface area contributed by atoms with Gasteiger partial charge in [0.25, 0.3) is 0 Å². The van der Waals surface area contributed by atoms with E-state index >= 15 is 0 Å². The molecule has 3 rings (SSSR count). The lowest BCUT2D eigenvalue weighted by atomic mass is 10.0. The number of hydrogen-bond acceptors (Lipinski definition) is 4. The Morgan fingerprint density at radius 3 is 2.70 bits per heavy atom. The molecule has 1 N–H and O–H groups in total. The number of unbranched alkanes of at least 4 members (excludes halogenated alkanes) is 1. The molecule has 0 saturated carbocycles. The first kappa shape index (κ1) is 19.9. The first-order chi connectivity index (χ1) is 13.1. The van der Waals surface area contributed by atoms with Crippen molar-refractivity contribution in [2.45, 2.75) is 43.3 Å². The van der Waals surface area contributed by atoms with Crippen LogP contribution in [0.5, 0.6) is 11.5 Å². The Morgan fingerprint density at radius 2 is 2.00 bits per heavy atom. The van der Waals surface area contributed by atoms with Gasteiger partial charge in [-0.25, -0.2) is 0 Å². The van der Waals surface area contributed by atoms with Crippen LogP contribution >= 0.6 is 23.4 Å². The number of ether oxygens (including phenoxy) is 2. The summed E-state index contributed by atoms with van der Waals surface area (Å²) in [5.41, 5.74) is 3.24. The highest BCUT2D eigenvalue weighted by atomic mass is 35.5. The number of carboxylic acids is 1. The van der Waals surface area contributed by atoms with Crippen LogP contribution in [0.3, 0.4) is 0 Å². The Balaban J connectivity index is 1.74. The second-order valence-electron chi connectivity index (χ2n) is 6.32. The van der Waals surface area contributed by atoms with Gasteiger partial charge in [-0.15, -0.1) is 11.8 Å². The van der Waals surface area contributed by atoms with Crippen LogP contribution in [0.2, 0.25) is 5.02 Å². The van der Waals surface area contributed by atoms with Gasteiger partial charge < -0.3 is 14.6 Å². The maximum Gasteiger partial charge on any atom is 0.303 e. The second-order valence-corrected chi connectivity index (χ2v) is 7.78. The van der Waals surface area contributed by atoms with Crippen LogP contribution in [0.1, 0.15) is 36.5 Å². The molecule has 0 spiro atoms. The first-order valence-corrected chi connectivity index (χ1v) is 10.3. The van der Waals surface area contributed by atoms with Gasteiger partial charge in [-0.3, -0.25) is 4.79 Å². The smallest absolute Gasteiger partial charge is 0.303 e. The summed E-state index contributed by atoms with van der Waals surface area (Å²) in [4.78, 5) is 11.8. The molecule has 2 aromatic rings. The van der Waals surface area contributed by atoms with Crippen LogP contribution in [0.15, 0.2) is 35.2 Å². The lowest BCUT2D eigenvalue weighted by molar-refractivity contribution is -0.136. The van der Waals surface area contributed by atoms with Crippen molar-refractivity contribution in [1.29, 1.82) is 0 Å². The zero-order valence-electron chi connectivity index (χ0n) is 15.2. The Bertz CT molecular complexity index is 805. The number of carboxylic acid groups (broad SMARTS) is 1. The van der Waals surface area contributed by atoms with Crippen LogP contribution in [-0.4, -0.2) is 17.9 Å². The maximum absolute atomic E-state index is 10.7. The number of aliphatic carboxylic acids is 1. The van der Waals surface area contributed by atoms with Gasteiger partial charge in [0.1, 0.15) is 0 Å². The lowest BCUT2D eigenvalue weighted by Crippen LogP contribution is -1.98. The topological polar surface area (TPSA) is 55.8 Å². The standard InChI is InChI=1S/C21H22ClO4S/c1-2-3-4-16-17(21-19(11-18(16)22)25-13-26-21)12-27-15-8-5-14(6-9-15)7-10-20(23)24/h2,5-6,8-9,11H,3-4,7,10,12-13H2,1H3,(H,23,24). The van der Waals surface area contributed by atoms with Crippen LogP contribution in [0, 0.1) is 6.42 Å². The molecule has 0 unspecified atom stereocenters. The fraction of sp³-hybridized carbons (Fsp3) is 0.333. The van der Waals surface area contributed by atoms with Gasteiger partial charge in [-0.2, -0.15) is 0 Å². The normalized spacial score (nSPS) is 12.4. The molecular formula is C21H22ClO4S. The predicted octanol–water partition coefficient (Wildman–Crippen LogP) is 5.53. The molecular weight excluding hydrogens is 384 g/mol. The van der Waals surface area contributed by atoms with Gasteiger partial charge in [-0.1, -0.05) is 30.7 Å². The van der Waals surface area contributed by atoms with Crippen molar-refractivity contribution < 1.29 is 19.4 Å². The minimum absolute atomic E-state index is 0.149. The van der Waals surface area contributed by atoms with Gasteiger partial charge in [0.05, 0.1) is 0 Å². The fourth-order valence-corrected chi connectivity index (χ4v) is 4.24. The number of aryl methyl sites for hydroxylation is 1. The highest BCUT2D eigenvalue weighted by molar-refractivity contribution is 7.98. The highest BCUT2D eigenvalue weighted by Crippen LogP contribution is 2.44. The zero-order chi connectivity index (χ0) is 19.2. The van der Waals surface area contributed by atoms with Crippen molar-refractivity contribution >= 4 is 29.3 Å². The Hall–Kier alpha value is -1.85. The molecule has 143 valence electrons. The van der Waals surface area contributed by atoms with Crippen LogP contribution in [-0.2, 0) is 23.4 Å². The Kier molecular flexibility index (Phi) is 6.91. The molecule has 2 aromatic carbocycles. The summed E-state index contributed by atoms with van der Waals surface area (Å²) in [7, 11) is 0. The van der Waals surface area contributed by atoms with E-state index in [4.69, 9.17) is 26.2 Å². The summed E-state index contributed by atoms with van der Waals surface area (Å²) >= 11 is 8.21. The van der Waals surface area contributed by atoms with Crippen molar-refractivity contribution in [1.82, 2.24) is 0 Å². The number of carbonyl (C=O) groups is 1. The van der Waals surface area contributed by atoms with E-state index in [2.05, 4.69) is 6.42 Å². The summed E-state index contributed by atoms with van der Waals surface area (Å²) in [6.45, 7) is 2.27. The van der Waals surface area contributed by atoms with E-state index in [-0.39, 0.29) is 13.2 Å². The summed E-state index contributed by atoms with van der Waals surface area (Å²) in [6, 6.07) is 9.88. The Morgan fingerprint density at radius 1 is 1.22 bits per heavy atom. The van der Waals surface area contributed by atoms with Crippen LogP contribution < -0.4 is 9.47 Å². The summed E-state index contributed by atoms with van der Waals surface area (Å²) in [5.74, 6) is 1.47. The summed E-state index contributed by atoms with van der Waals surface area (Å²) < 4.78 is 11.2. The van der Waals surface area contributed by atoms with E-state index in [0.29, 0.717) is 12.2 Å². The highest BCUT2D eigenvalue weighted by Gasteiger charge is 2.23. The SMILES string of the molecule is C[CH]CCc1c(Cl)cc2c(c1CSc1ccc(CCC(=O)O)cc1)OCO2. The number of rotatable bonds is 9. The van der Waals surface area contributed by atoms with Crippen molar-refractivity contribution in [3.05, 3.63) is 58.5 Å². The van der Waals surface area contributed by atoms with Gasteiger partial charge in [0.15, 0.2) is 11.5 Å². The maximum atomic E-state index is 10.7. The Labute approximate surface area is 168 Å². The van der Waals surface area contributed by atoms with Gasteiger partial charge in [-0.05, 0) is 48.9 Å². The number of benzene rings is 2. The molecule has 4 nitrogen and oxygen atoms in total. The molecule has 0 fully saturated rings. The molecule has 0 bridgehead atoms. The average molecular weight is 406 g/mol. The predicted molar refractivity (Wildman–Crippen MR) is 108 cm³/mol. The number of fused-ring (bicyclic) bond motifs is 1. The van der Waals surface area contributed by atoms with Gasteiger partial charge in [0, 0.05) is 33.7 Å². The van der Waals surface area contributed by atoms with E-state index in [1.54, 1.807) is 11.8 Å². The molecule has 1 aliphatic heterocycles. The summed E-state index contributed by atoms with van der Waals surface area (Å²) in [5, 5.41) is 9.51. The van der Waals surface area contributed by atoms with E-state index in [1.807, 2.05) is 37.3 Å². The average Bonchev–Trinajstić information content (AvgIpc) is 3.12. The molecule has 0 aromatic heterocycles. The third-order valence-corrected chi connectivity index (χ3v) is 5.82. The van der Waals surface area contributed by atoms with E-state index in [1.165, 1.54) is 0 Å². The zero-order valence-corrected chi connectivity index (χ0v) is 16.7. The molecule has 1 heterocycles. The van der Waals surface area contributed by atoms with Crippen molar-refractivity contribution in [2.75, 3.05) is 6.79 Å². The van der Waals surface area contributed by atoms with Crippen molar-refractivity contribution in [3.8, 4) is 11.5 Å². The minimum Gasteiger partial charge on any atom is -0.481 e. The van der Waals surface area contributed by atoms with Crippen molar-refractivity contribution in [3.63, 3.8) is 0 Å². The molecule has 0 saturated heterocycles.